The maximum atomic E-state index is 2.46. The van der Waals surface area contributed by atoms with Gasteiger partial charge in [-0.15, -0.1) is 0 Å². The average molecular weight is 795 g/mol. The topological polar surface area (TPSA) is 0 Å². The third-order valence-electron chi connectivity index (χ3n) is 14.4. The summed E-state index contributed by atoms with van der Waals surface area (Å²) in [4.78, 5) is 0. The fraction of sp³-hybridized carbons (Fsp3) is 0.0159. The van der Waals surface area contributed by atoms with Crippen LogP contribution in [0.2, 0.25) is 0 Å². The van der Waals surface area contributed by atoms with Gasteiger partial charge in [-0.3, -0.25) is 0 Å². The molecule has 0 nitrogen and oxygen atoms in total. The Kier molecular flexibility index (Phi) is 7.13. The van der Waals surface area contributed by atoms with Crippen molar-refractivity contribution in [1.82, 2.24) is 0 Å². The summed E-state index contributed by atoms with van der Waals surface area (Å²) in [7, 11) is 0. The van der Waals surface area contributed by atoms with Crippen molar-refractivity contribution >= 4 is 53.9 Å². The number of rotatable bonds is 3. The summed E-state index contributed by atoms with van der Waals surface area (Å²) in [5.74, 6) is 0. The Morgan fingerprint density at radius 3 is 1.25 bits per heavy atom. The highest BCUT2D eigenvalue weighted by Crippen LogP contribution is 2.65. The molecule has 2 aliphatic rings. The van der Waals surface area contributed by atoms with Gasteiger partial charge in [0.15, 0.2) is 0 Å². The molecule has 0 saturated heterocycles. The second-order valence-electron chi connectivity index (χ2n) is 17.4. The highest BCUT2D eigenvalue weighted by atomic mass is 14.5. The molecule has 0 atom stereocenters. The van der Waals surface area contributed by atoms with Crippen LogP contribution in [0.5, 0.6) is 0 Å². The molecule has 0 fully saturated rings. The highest BCUT2D eigenvalue weighted by molar-refractivity contribution is 6.22. The van der Waals surface area contributed by atoms with Crippen LogP contribution < -0.4 is 0 Å². The molecule has 63 heavy (non-hydrogen) atoms. The van der Waals surface area contributed by atoms with Crippen LogP contribution in [0.25, 0.3) is 109 Å². The zero-order valence-electron chi connectivity index (χ0n) is 34.4. The summed E-state index contributed by atoms with van der Waals surface area (Å²) >= 11 is 0. The number of hydrogen-bond donors (Lipinski definition) is 0. The second kappa shape index (κ2) is 13.0. The van der Waals surface area contributed by atoms with E-state index in [1.165, 1.54) is 132 Å². The molecular formula is C63H38. The summed E-state index contributed by atoms with van der Waals surface area (Å²) in [6.07, 6.45) is 0. The quantitative estimate of drug-likeness (QED) is 0.156. The molecule has 0 saturated carbocycles. The van der Waals surface area contributed by atoms with Crippen molar-refractivity contribution in [3.05, 3.63) is 253 Å². The lowest BCUT2D eigenvalue weighted by molar-refractivity contribution is 0.809. The fourth-order valence-electron chi connectivity index (χ4n) is 12.0. The number of hydrogen-bond acceptors (Lipinski definition) is 0. The van der Waals surface area contributed by atoms with E-state index in [1.54, 1.807) is 0 Å². The molecule has 14 rings (SSSR count). The first-order chi connectivity index (χ1) is 31.3. The van der Waals surface area contributed by atoms with E-state index in [1.807, 2.05) is 0 Å². The highest BCUT2D eigenvalue weighted by Gasteiger charge is 2.53. The largest absolute Gasteiger partial charge is 0.0737 e. The molecule has 290 valence electrons. The van der Waals surface area contributed by atoms with Crippen molar-refractivity contribution in [2.24, 2.45) is 0 Å². The monoisotopic (exact) mass is 794 g/mol. The van der Waals surface area contributed by atoms with Crippen molar-refractivity contribution in [3.63, 3.8) is 0 Å². The molecule has 0 radical (unpaired) electrons. The molecule has 0 amide bonds. The minimum absolute atomic E-state index is 0.454. The molecule has 0 heterocycles. The van der Waals surface area contributed by atoms with Crippen molar-refractivity contribution in [2.45, 2.75) is 5.41 Å². The Labute approximate surface area is 366 Å². The molecule has 1 spiro atoms. The molecule has 0 aliphatic heterocycles. The van der Waals surface area contributed by atoms with Gasteiger partial charge in [0, 0.05) is 0 Å². The first-order valence-corrected chi connectivity index (χ1v) is 22.1. The standard InChI is InChI=1S/C63H38/c1-3-17-45-39(14-1)16-13-25-46(45)41-28-30-42(31-29-41)59-51-21-5-7-23-53(51)60(54-24-8-6-22-52(54)59)44-34-35-48-43(38-44)33-37-56-55-36-32-40-15-2-4-18-47(40)61(55)63(62(48)56)57-26-11-9-19-49(57)50-20-10-12-27-58(50)63/h1-38H. The van der Waals surface area contributed by atoms with Crippen molar-refractivity contribution in [3.8, 4) is 55.6 Å². The van der Waals surface area contributed by atoms with Gasteiger partial charge in [-0.1, -0.05) is 224 Å². The lowest BCUT2D eigenvalue weighted by Crippen LogP contribution is -2.26. The third-order valence-corrected chi connectivity index (χ3v) is 14.4. The molecule has 2 aliphatic carbocycles. The van der Waals surface area contributed by atoms with Crippen molar-refractivity contribution < 1.29 is 0 Å². The Bertz CT molecular complexity index is 3790. The fourth-order valence-corrected chi connectivity index (χ4v) is 12.0. The number of fused-ring (bicyclic) bond motifs is 17. The van der Waals surface area contributed by atoms with E-state index >= 15 is 0 Å². The number of benzene rings is 12. The van der Waals surface area contributed by atoms with Crippen molar-refractivity contribution in [1.29, 1.82) is 0 Å². The maximum absolute atomic E-state index is 2.46. The molecule has 0 heteroatoms. The Morgan fingerprint density at radius 2 is 0.635 bits per heavy atom. The van der Waals surface area contributed by atoms with Gasteiger partial charge in [0.1, 0.15) is 0 Å². The van der Waals surface area contributed by atoms with Crippen molar-refractivity contribution in [2.75, 3.05) is 0 Å². The van der Waals surface area contributed by atoms with Gasteiger partial charge in [0.2, 0.25) is 0 Å². The minimum Gasteiger partial charge on any atom is -0.0619 e. The molecule has 12 aromatic rings. The van der Waals surface area contributed by atoms with Gasteiger partial charge in [0.25, 0.3) is 0 Å². The lowest BCUT2D eigenvalue weighted by Gasteiger charge is -2.32. The smallest absolute Gasteiger partial charge is 0.0619 e. The van der Waals surface area contributed by atoms with Gasteiger partial charge in [-0.25, -0.2) is 0 Å². The molecule has 0 bridgehead atoms. The van der Waals surface area contributed by atoms with Crippen LogP contribution in [0.15, 0.2) is 231 Å². The average Bonchev–Trinajstić information content (AvgIpc) is 3.83. The Balaban J connectivity index is 0.993. The first-order valence-electron chi connectivity index (χ1n) is 22.1. The SMILES string of the molecule is c1ccc2c(c1)-c1ccccc1C21c2c(ccc3ccccc23)-c2ccc3cc(-c4c5ccccc5c(-c5ccc(-c6cccc7ccccc67)cc5)c5ccccc45)ccc3c21. The van der Waals surface area contributed by atoms with E-state index in [9.17, 15) is 0 Å². The maximum Gasteiger partial charge on any atom is 0.0737 e. The van der Waals surface area contributed by atoms with Crippen LogP contribution in [0.1, 0.15) is 22.3 Å². The van der Waals surface area contributed by atoms with Crippen LogP contribution in [-0.2, 0) is 5.41 Å². The first kappa shape index (κ1) is 34.6. The van der Waals surface area contributed by atoms with E-state index in [0.717, 1.165) is 0 Å². The van der Waals surface area contributed by atoms with Crippen LogP contribution in [0.3, 0.4) is 0 Å². The van der Waals surface area contributed by atoms with Gasteiger partial charge in [-0.2, -0.15) is 0 Å². The normalized spacial score (nSPS) is 13.2. The van der Waals surface area contributed by atoms with Gasteiger partial charge in [0.05, 0.1) is 5.41 Å². The molecule has 0 aromatic heterocycles. The summed E-state index contributed by atoms with van der Waals surface area (Å²) < 4.78 is 0. The minimum atomic E-state index is -0.454. The summed E-state index contributed by atoms with van der Waals surface area (Å²) in [5, 5.41) is 12.8. The van der Waals surface area contributed by atoms with E-state index in [2.05, 4.69) is 231 Å². The molecule has 0 N–H and O–H groups in total. The van der Waals surface area contributed by atoms with Crippen LogP contribution >= 0.6 is 0 Å². The Hall–Kier alpha value is -8.06. The second-order valence-corrected chi connectivity index (χ2v) is 17.4. The summed E-state index contributed by atoms with van der Waals surface area (Å²) in [6.45, 7) is 0. The van der Waals surface area contributed by atoms with E-state index in [4.69, 9.17) is 0 Å². The van der Waals surface area contributed by atoms with Crippen LogP contribution in [0, 0.1) is 0 Å². The van der Waals surface area contributed by atoms with Gasteiger partial charge in [-0.05, 0) is 138 Å². The zero-order valence-corrected chi connectivity index (χ0v) is 34.4. The van der Waals surface area contributed by atoms with Gasteiger partial charge >= 0.3 is 0 Å². The summed E-state index contributed by atoms with van der Waals surface area (Å²) in [5.41, 5.74) is 17.9. The van der Waals surface area contributed by atoms with E-state index in [-0.39, 0.29) is 0 Å². The third kappa shape index (κ3) is 4.65. The van der Waals surface area contributed by atoms with Crippen LogP contribution in [-0.4, -0.2) is 0 Å². The van der Waals surface area contributed by atoms with E-state index in [0.29, 0.717) is 0 Å². The zero-order chi connectivity index (χ0) is 41.2. The molecular weight excluding hydrogens is 757 g/mol. The lowest BCUT2D eigenvalue weighted by atomic mass is 9.68. The summed E-state index contributed by atoms with van der Waals surface area (Å²) in [6, 6.07) is 86.6. The predicted octanol–water partition coefficient (Wildman–Crippen LogP) is 16.8. The Morgan fingerprint density at radius 1 is 0.222 bits per heavy atom. The van der Waals surface area contributed by atoms with Crippen LogP contribution in [0.4, 0.5) is 0 Å². The van der Waals surface area contributed by atoms with E-state index < -0.39 is 5.41 Å². The van der Waals surface area contributed by atoms with Gasteiger partial charge < -0.3 is 0 Å². The molecule has 12 aromatic carbocycles. The molecule has 0 unspecified atom stereocenters. The predicted molar refractivity (Wildman–Crippen MR) is 267 cm³/mol.